The maximum Gasteiger partial charge on any atom is 0.212 e. The third-order valence-corrected chi connectivity index (χ3v) is 5.00. The Morgan fingerprint density at radius 3 is 2.86 bits per heavy atom. The van der Waals surface area contributed by atoms with Crippen molar-refractivity contribution in [1.29, 1.82) is 0 Å². The van der Waals surface area contributed by atoms with Crippen LogP contribution in [0.5, 0.6) is 5.88 Å². The van der Waals surface area contributed by atoms with Gasteiger partial charge >= 0.3 is 0 Å². The molecule has 0 spiro atoms. The molecule has 0 saturated carbocycles. The zero-order valence-electron chi connectivity index (χ0n) is 13.5. The van der Waals surface area contributed by atoms with E-state index in [2.05, 4.69) is 34.7 Å². The Balaban J connectivity index is 1.71. The van der Waals surface area contributed by atoms with Crippen molar-refractivity contribution in [2.45, 2.75) is 45.3 Å². The lowest BCUT2D eigenvalue weighted by Gasteiger charge is -2.45. The van der Waals surface area contributed by atoms with E-state index in [4.69, 9.17) is 4.74 Å². The molecule has 0 aromatic carbocycles. The van der Waals surface area contributed by atoms with Crippen molar-refractivity contribution in [3.8, 4) is 5.88 Å². The van der Waals surface area contributed by atoms with Gasteiger partial charge in [-0.05, 0) is 30.9 Å². The summed E-state index contributed by atoms with van der Waals surface area (Å²) >= 11 is 0. The number of methoxy groups -OCH3 is 1. The van der Waals surface area contributed by atoms with E-state index in [1.165, 1.54) is 38.0 Å². The highest BCUT2D eigenvalue weighted by atomic mass is 16.5. The average molecular weight is 289 g/mol. The number of pyridine rings is 1. The summed E-state index contributed by atoms with van der Waals surface area (Å²) in [5.74, 6) is 1.39. The Hall–Kier alpha value is -1.13. The van der Waals surface area contributed by atoms with Crippen LogP contribution >= 0.6 is 0 Å². The number of rotatable bonds is 4. The first-order valence-electron chi connectivity index (χ1n) is 8.14. The van der Waals surface area contributed by atoms with Gasteiger partial charge in [-0.1, -0.05) is 19.9 Å². The molecule has 0 N–H and O–H groups in total. The smallest absolute Gasteiger partial charge is 0.212 e. The van der Waals surface area contributed by atoms with Gasteiger partial charge in [0, 0.05) is 44.0 Å². The summed E-state index contributed by atoms with van der Waals surface area (Å²) in [6.07, 6.45) is 4.69. The number of hydrogen-bond donors (Lipinski definition) is 0. The standard InChI is InChI=1S/C17H27N3O/c1-13(2)16-12-19-8-4-5-15(19)11-20(16)10-14-6-7-17(21-3)18-9-14/h6-7,9,13,15-16H,4-5,8,10-12H2,1-3H3. The highest BCUT2D eigenvalue weighted by molar-refractivity contribution is 5.18. The first-order chi connectivity index (χ1) is 10.2. The normalized spacial score (nSPS) is 27.0. The first kappa shape index (κ1) is 14.8. The molecule has 2 aliphatic heterocycles. The molecule has 4 heteroatoms. The van der Waals surface area contributed by atoms with Crippen LogP contribution in [0.4, 0.5) is 0 Å². The van der Waals surface area contributed by atoms with E-state index in [0.717, 1.165) is 12.6 Å². The van der Waals surface area contributed by atoms with Gasteiger partial charge in [-0.15, -0.1) is 0 Å². The topological polar surface area (TPSA) is 28.6 Å². The molecule has 1 aromatic rings. The summed E-state index contributed by atoms with van der Waals surface area (Å²) in [4.78, 5) is 9.71. The zero-order chi connectivity index (χ0) is 14.8. The Kier molecular flexibility index (Phi) is 4.45. The second-order valence-electron chi connectivity index (χ2n) is 6.74. The Labute approximate surface area is 128 Å². The molecule has 3 rings (SSSR count). The average Bonchev–Trinajstić information content (AvgIpc) is 2.94. The van der Waals surface area contributed by atoms with Crippen LogP contribution in [0.2, 0.25) is 0 Å². The fourth-order valence-corrected chi connectivity index (χ4v) is 3.78. The van der Waals surface area contributed by atoms with Gasteiger partial charge in [0.15, 0.2) is 0 Å². The van der Waals surface area contributed by atoms with Crippen LogP contribution in [-0.4, -0.2) is 53.6 Å². The summed E-state index contributed by atoms with van der Waals surface area (Å²) in [6, 6.07) is 5.53. The number of aromatic nitrogens is 1. The Bertz CT molecular complexity index is 460. The molecular formula is C17H27N3O. The number of fused-ring (bicyclic) bond motifs is 1. The molecule has 21 heavy (non-hydrogen) atoms. The molecule has 2 aliphatic rings. The van der Waals surface area contributed by atoms with Crippen molar-refractivity contribution < 1.29 is 4.74 Å². The summed E-state index contributed by atoms with van der Waals surface area (Å²) in [5.41, 5.74) is 1.29. The van der Waals surface area contributed by atoms with Gasteiger partial charge in [0.05, 0.1) is 7.11 Å². The van der Waals surface area contributed by atoms with E-state index in [1.807, 2.05) is 12.3 Å². The fraction of sp³-hybridized carbons (Fsp3) is 0.706. The van der Waals surface area contributed by atoms with Gasteiger partial charge in [0.2, 0.25) is 5.88 Å². The number of piperazine rings is 1. The number of nitrogens with zero attached hydrogens (tertiary/aromatic N) is 3. The summed E-state index contributed by atoms with van der Waals surface area (Å²) < 4.78 is 5.14. The molecule has 4 nitrogen and oxygen atoms in total. The van der Waals surface area contributed by atoms with Crippen LogP contribution in [0.25, 0.3) is 0 Å². The third kappa shape index (κ3) is 3.22. The van der Waals surface area contributed by atoms with E-state index in [1.54, 1.807) is 7.11 Å². The van der Waals surface area contributed by atoms with Crippen LogP contribution in [0, 0.1) is 5.92 Å². The predicted molar refractivity (Wildman–Crippen MR) is 84.4 cm³/mol. The second-order valence-corrected chi connectivity index (χ2v) is 6.74. The lowest BCUT2D eigenvalue weighted by Crippen LogP contribution is -2.57. The monoisotopic (exact) mass is 289 g/mol. The maximum absolute atomic E-state index is 5.14. The van der Waals surface area contributed by atoms with Crippen molar-refractivity contribution in [2.24, 2.45) is 5.92 Å². The minimum Gasteiger partial charge on any atom is -0.481 e. The van der Waals surface area contributed by atoms with Crippen molar-refractivity contribution in [3.05, 3.63) is 23.9 Å². The maximum atomic E-state index is 5.14. The molecule has 2 fully saturated rings. The molecule has 0 bridgehead atoms. The van der Waals surface area contributed by atoms with Gasteiger partial charge < -0.3 is 4.74 Å². The molecule has 0 aliphatic carbocycles. The Morgan fingerprint density at radius 2 is 2.19 bits per heavy atom. The van der Waals surface area contributed by atoms with Gasteiger partial charge in [-0.2, -0.15) is 0 Å². The van der Waals surface area contributed by atoms with Crippen molar-refractivity contribution >= 4 is 0 Å². The van der Waals surface area contributed by atoms with Crippen LogP contribution in [-0.2, 0) is 6.54 Å². The number of ether oxygens (including phenoxy) is 1. The minimum atomic E-state index is 0.654. The highest BCUT2D eigenvalue weighted by Gasteiger charge is 2.37. The number of hydrogen-bond acceptors (Lipinski definition) is 4. The van der Waals surface area contributed by atoms with Gasteiger partial charge in [0.25, 0.3) is 0 Å². The van der Waals surface area contributed by atoms with E-state index in [9.17, 15) is 0 Å². The Morgan fingerprint density at radius 1 is 1.33 bits per heavy atom. The SMILES string of the molecule is COc1ccc(CN2CC3CCCN3CC2C(C)C)cn1. The molecule has 3 heterocycles. The van der Waals surface area contributed by atoms with E-state index < -0.39 is 0 Å². The van der Waals surface area contributed by atoms with Crippen molar-refractivity contribution in [1.82, 2.24) is 14.8 Å². The summed E-state index contributed by atoms with van der Waals surface area (Å²) in [6.45, 7) is 9.43. The molecular weight excluding hydrogens is 262 g/mol. The highest BCUT2D eigenvalue weighted by Crippen LogP contribution is 2.28. The molecule has 116 valence electrons. The molecule has 2 saturated heterocycles. The quantitative estimate of drug-likeness (QED) is 0.851. The van der Waals surface area contributed by atoms with Gasteiger partial charge in [-0.25, -0.2) is 4.98 Å². The van der Waals surface area contributed by atoms with E-state index in [0.29, 0.717) is 17.8 Å². The largest absolute Gasteiger partial charge is 0.481 e. The lowest BCUT2D eigenvalue weighted by atomic mass is 9.97. The third-order valence-electron chi connectivity index (χ3n) is 5.00. The van der Waals surface area contributed by atoms with Gasteiger partial charge in [-0.3, -0.25) is 9.80 Å². The minimum absolute atomic E-state index is 0.654. The molecule has 1 aromatic heterocycles. The molecule has 0 amide bonds. The molecule has 0 radical (unpaired) electrons. The van der Waals surface area contributed by atoms with Crippen molar-refractivity contribution in [2.75, 3.05) is 26.7 Å². The van der Waals surface area contributed by atoms with E-state index in [-0.39, 0.29) is 0 Å². The molecule has 2 unspecified atom stereocenters. The van der Waals surface area contributed by atoms with Gasteiger partial charge in [0.1, 0.15) is 0 Å². The predicted octanol–water partition coefficient (Wildman–Crippen LogP) is 2.39. The second kappa shape index (κ2) is 6.32. The van der Waals surface area contributed by atoms with Crippen LogP contribution < -0.4 is 4.74 Å². The fourth-order valence-electron chi connectivity index (χ4n) is 3.78. The summed E-state index contributed by atoms with van der Waals surface area (Å²) in [7, 11) is 1.66. The van der Waals surface area contributed by atoms with Crippen LogP contribution in [0.1, 0.15) is 32.3 Å². The van der Waals surface area contributed by atoms with Crippen molar-refractivity contribution in [3.63, 3.8) is 0 Å². The zero-order valence-corrected chi connectivity index (χ0v) is 13.5. The lowest BCUT2D eigenvalue weighted by molar-refractivity contribution is 0.0238. The summed E-state index contributed by atoms with van der Waals surface area (Å²) in [5, 5.41) is 0. The van der Waals surface area contributed by atoms with Crippen LogP contribution in [0.15, 0.2) is 18.3 Å². The molecule has 2 atom stereocenters. The first-order valence-corrected chi connectivity index (χ1v) is 8.14. The van der Waals surface area contributed by atoms with E-state index >= 15 is 0 Å². The van der Waals surface area contributed by atoms with Crippen LogP contribution in [0.3, 0.4) is 0 Å².